The number of nitrogens with one attached hydrogen (secondary N) is 1. The van der Waals surface area contributed by atoms with Crippen LogP contribution in [0.4, 0.5) is 17.2 Å². The number of benzene rings is 1. The fourth-order valence-electron chi connectivity index (χ4n) is 4.64. The van der Waals surface area contributed by atoms with E-state index in [1.165, 1.54) is 6.42 Å². The third-order valence-electron chi connectivity index (χ3n) is 6.26. The van der Waals surface area contributed by atoms with Gasteiger partial charge in [0.1, 0.15) is 0 Å². The van der Waals surface area contributed by atoms with Gasteiger partial charge in [-0.05, 0) is 62.7 Å². The maximum absolute atomic E-state index is 13.6. The molecule has 4 rings (SSSR count). The highest BCUT2D eigenvalue weighted by atomic mass is 16.2. The predicted octanol–water partition coefficient (Wildman–Crippen LogP) is 3.37. The van der Waals surface area contributed by atoms with Gasteiger partial charge in [0, 0.05) is 19.3 Å². The Morgan fingerprint density at radius 3 is 2.81 bits per heavy atom. The van der Waals surface area contributed by atoms with Crippen LogP contribution in [0, 0.1) is 5.92 Å². The molecule has 1 unspecified atom stereocenters. The summed E-state index contributed by atoms with van der Waals surface area (Å²) in [5.74, 6) is 0.763. The van der Waals surface area contributed by atoms with Gasteiger partial charge in [0.25, 0.3) is 5.91 Å². The second-order valence-corrected chi connectivity index (χ2v) is 8.30. The van der Waals surface area contributed by atoms with Crippen molar-refractivity contribution < 1.29 is 9.59 Å². The first-order chi connectivity index (χ1) is 15.1. The quantitative estimate of drug-likeness (QED) is 0.775. The van der Waals surface area contributed by atoms with Gasteiger partial charge in [-0.1, -0.05) is 26.0 Å². The van der Waals surface area contributed by atoms with Crippen molar-refractivity contribution in [3.8, 4) is 0 Å². The number of hydrogen-bond acceptors (Lipinski definition) is 5. The Bertz CT molecular complexity index is 943. The molecule has 7 heteroatoms. The lowest BCUT2D eigenvalue weighted by Gasteiger charge is -2.35. The fraction of sp³-hybridized carbons (Fsp3) is 0.458. The number of hydrogen-bond donors (Lipinski definition) is 1. The number of amides is 2. The highest BCUT2D eigenvalue weighted by molar-refractivity contribution is 6.17. The van der Waals surface area contributed by atoms with E-state index in [1.54, 1.807) is 29.3 Å². The van der Waals surface area contributed by atoms with Crippen molar-refractivity contribution in [2.45, 2.75) is 26.7 Å². The Morgan fingerprint density at radius 1 is 1.19 bits per heavy atom. The number of piperidine rings is 1. The van der Waals surface area contributed by atoms with Crippen molar-refractivity contribution >= 4 is 29.0 Å². The summed E-state index contributed by atoms with van der Waals surface area (Å²) >= 11 is 0. The van der Waals surface area contributed by atoms with Gasteiger partial charge in [-0.15, -0.1) is 0 Å². The fourth-order valence-corrected chi connectivity index (χ4v) is 4.64. The van der Waals surface area contributed by atoms with Gasteiger partial charge in [0.15, 0.2) is 5.82 Å². The lowest BCUT2D eigenvalue weighted by molar-refractivity contribution is -0.119. The van der Waals surface area contributed by atoms with E-state index in [-0.39, 0.29) is 11.8 Å². The molecule has 1 atom stereocenters. The Hall–Kier alpha value is -2.77. The molecule has 1 N–H and O–H groups in total. The number of pyridine rings is 1. The summed E-state index contributed by atoms with van der Waals surface area (Å²) in [6.45, 7) is 9.74. The second-order valence-electron chi connectivity index (χ2n) is 8.30. The van der Waals surface area contributed by atoms with Crippen LogP contribution in [0.3, 0.4) is 0 Å². The standard InChI is InChI=1S/C24H31N5O2/c1-3-27(4-2)15-18-9-8-14-28(16-18)17-22(30)29-21-12-6-5-10-19(21)24(31)26-20-11-7-13-25-23(20)29/h5-7,10-13,18H,3-4,8-9,14-17H2,1-2H3,(H,26,31). The molecule has 0 aliphatic carbocycles. The van der Waals surface area contributed by atoms with E-state index in [1.807, 2.05) is 18.2 Å². The van der Waals surface area contributed by atoms with Crippen molar-refractivity contribution in [1.29, 1.82) is 0 Å². The monoisotopic (exact) mass is 421 g/mol. The number of anilines is 3. The first kappa shape index (κ1) is 21.5. The molecule has 1 saturated heterocycles. The number of carbonyl (C=O) groups is 2. The molecule has 0 saturated carbocycles. The van der Waals surface area contributed by atoms with E-state index in [9.17, 15) is 9.59 Å². The Kier molecular flexibility index (Phi) is 6.63. The molecule has 1 aromatic heterocycles. The maximum atomic E-state index is 13.6. The summed E-state index contributed by atoms with van der Waals surface area (Å²) < 4.78 is 0. The van der Waals surface area contributed by atoms with E-state index < -0.39 is 0 Å². The van der Waals surface area contributed by atoms with Crippen LogP contribution >= 0.6 is 0 Å². The summed E-state index contributed by atoms with van der Waals surface area (Å²) in [5.41, 5.74) is 1.61. The molecule has 164 valence electrons. The van der Waals surface area contributed by atoms with E-state index in [0.717, 1.165) is 39.1 Å². The molecule has 2 aliphatic heterocycles. The van der Waals surface area contributed by atoms with Gasteiger partial charge in [0.05, 0.1) is 23.5 Å². The summed E-state index contributed by atoms with van der Waals surface area (Å²) in [7, 11) is 0. The Balaban J connectivity index is 1.57. The topological polar surface area (TPSA) is 68.8 Å². The third-order valence-corrected chi connectivity index (χ3v) is 6.26. The van der Waals surface area contributed by atoms with Gasteiger partial charge in [-0.3, -0.25) is 19.4 Å². The lowest BCUT2D eigenvalue weighted by atomic mass is 9.97. The second kappa shape index (κ2) is 9.58. The van der Waals surface area contributed by atoms with Crippen molar-refractivity contribution in [2.75, 3.05) is 49.5 Å². The minimum absolute atomic E-state index is 0.0626. The molecular weight excluding hydrogens is 390 g/mol. The van der Waals surface area contributed by atoms with E-state index >= 15 is 0 Å². The number of carbonyl (C=O) groups excluding carboxylic acids is 2. The van der Waals surface area contributed by atoms with Crippen LogP contribution in [0.15, 0.2) is 42.6 Å². The van der Waals surface area contributed by atoms with Crippen molar-refractivity contribution in [2.24, 2.45) is 5.92 Å². The Morgan fingerprint density at radius 2 is 2.00 bits per heavy atom. The number of para-hydroxylation sites is 1. The molecule has 0 bridgehead atoms. The van der Waals surface area contributed by atoms with Crippen LogP contribution in [0.5, 0.6) is 0 Å². The number of aromatic nitrogens is 1. The number of nitrogens with zero attached hydrogens (tertiary/aromatic N) is 4. The molecule has 7 nitrogen and oxygen atoms in total. The van der Waals surface area contributed by atoms with Gasteiger partial charge in [-0.25, -0.2) is 4.98 Å². The zero-order chi connectivity index (χ0) is 21.8. The highest BCUT2D eigenvalue weighted by Crippen LogP contribution is 2.36. The number of fused-ring (bicyclic) bond motifs is 2. The molecule has 0 spiro atoms. The predicted molar refractivity (Wildman–Crippen MR) is 123 cm³/mol. The van der Waals surface area contributed by atoms with E-state index in [2.05, 4.69) is 33.9 Å². The average molecular weight is 422 g/mol. The smallest absolute Gasteiger partial charge is 0.257 e. The SMILES string of the molecule is CCN(CC)CC1CCCN(CC(=O)N2c3ccccc3C(=O)Nc3cccnc32)C1. The zero-order valence-electron chi connectivity index (χ0n) is 18.4. The van der Waals surface area contributed by atoms with Gasteiger partial charge >= 0.3 is 0 Å². The highest BCUT2D eigenvalue weighted by Gasteiger charge is 2.32. The molecule has 1 fully saturated rings. The lowest BCUT2D eigenvalue weighted by Crippen LogP contribution is -2.45. The van der Waals surface area contributed by atoms with Crippen LogP contribution in [-0.4, -0.2) is 65.9 Å². The average Bonchev–Trinajstić information content (AvgIpc) is 2.91. The molecule has 31 heavy (non-hydrogen) atoms. The van der Waals surface area contributed by atoms with Gasteiger partial charge in [0.2, 0.25) is 5.91 Å². The molecular formula is C24H31N5O2. The maximum Gasteiger partial charge on any atom is 0.257 e. The zero-order valence-corrected chi connectivity index (χ0v) is 18.4. The van der Waals surface area contributed by atoms with Gasteiger partial charge < -0.3 is 10.2 Å². The van der Waals surface area contributed by atoms with Gasteiger partial charge in [-0.2, -0.15) is 0 Å². The van der Waals surface area contributed by atoms with Crippen LogP contribution in [0.2, 0.25) is 0 Å². The number of likely N-dealkylation sites (tertiary alicyclic amines) is 1. The normalized spacial score (nSPS) is 18.9. The summed E-state index contributed by atoms with van der Waals surface area (Å²) in [4.78, 5) is 37.1. The summed E-state index contributed by atoms with van der Waals surface area (Å²) in [6.07, 6.45) is 3.96. The first-order valence-electron chi connectivity index (χ1n) is 11.2. The van der Waals surface area contributed by atoms with Crippen LogP contribution in [0.1, 0.15) is 37.0 Å². The molecule has 2 aliphatic rings. The third kappa shape index (κ3) is 4.62. The van der Waals surface area contributed by atoms with E-state index in [0.29, 0.717) is 35.2 Å². The first-order valence-corrected chi connectivity index (χ1v) is 11.2. The largest absolute Gasteiger partial charge is 0.319 e. The molecule has 0 radical (unpaired) electrons. The van der Waals surface area contributed by atoms with Crippen LogP contribution in [-0.2, 0) is 4.79 Å². The molecule has 2 amide bonds. The Labute approximate surface area is 184 Å². The van der Waals surface area contributed by atoms with E-state index in [4.69, 9.17) is 0 Å². The number of rotatable bonds is 6. The molecule has 2 aromatic rings. The van der Waals surface area contributed by atoms with Crippen molar-refractivity contribution in [3.63, 3.8) is 0 Å². The minimum Gasteiger partial charge on any atom is -0.319 e. The molecule has 3 heterocycles. The van der Waals surface area contributed by atoms with Crippen molar-refractivity contribution in [3.05, 3.63) is 48.2 Å². The van der Waals surface area contributed by atoms with Crippen LogP contribution < -0.4 is 10.2 Å². The summed E-state index contributed by atoms with van der Waals surface area (Å²) in [6, 6.07) is 10.8. The minimum atomic E-state index is -0.225. The summed E-state index contributed by atoms with van der Waals surface area (Å²) in [5, 5.41) is 2.89. The van der Waals surface area contributed by atoms with Crippen LogP contribution in [0.25, 0.3) is 0 Å². The van der Waals surface area contributed by atoms with Crippen molar-refractivity contribution in [1.82, 2.24) is 14.8 Å². The molecule has 1 aromatic carbocycles.